The number of carbonyl (C=O) groups is 5. The van der Waals surface area contributed by atoms with E-state index in [9.17, 15) is 39.3 Å². The smallest absolute Gasteiger partial charge is 0.329 e. The first kappa shape index (κ1) is 69.5. The van der Waals surface area contributed by atoms with Gasteiger partial charge in [-0.2, -0.15) is 0 Å². The van der Waals surface area contributed by atoms with E-state index >= 15 is 0 Å². The van der Waals surface area contributed by atoms with Crippen molar-refractivity contribution in [2.24, 2.45) is 35.5 Å². The van der Waals surface area contributed by atoms with Gasteiger partial charge >= 0.3 is 14.2 Å². The number of cyclic esters (lactones) is 1. The average Bonchev–Trinajstić information content (AvgIpc) is 3.30. The number of fused-ring (bicyclic) bond motifs is 3. The van der Waals surface area contributed by atoms with E-state index in [-0.39, 0.29) is 90.7 Å². The molecule has 2 unspecified atom stereocenters. The first-order chi connectivity index (χ1) is 32.5. The van der Waals surface area contributed by atoms with Gasteiger partial charge in [0.25, 0.3) is 11.7 Å². The quantitative estimate of drug-likeness (QED) is 0.0793. The molecule has 0 aromatic heterocycles. The first-order valence-corrected chi connectivity index (χ1v) is 25.9. The van der Waals surface area contributed by atoms with Crippen molar-refractivity contribution in [1.29, 1.82) is 0 Å². The molecule has 4 aliphatic rings. The Bertz CT molecular complexity index is 1870. The molecule has 1 aliphatic carbocycles. The van der Waals surface area contributed by atoms with Crippen LogP contribution in [0.1, 0.15) is 140 Å². The second-order valence-electron chi connectivity index (χ2n) is 19.9. The van der Waals surface area contributed by atoms with Gasteiger partial charge in [0.05, 0.1) is 24.4 Å². The second kappa shape index (κ2) is 33.5. The number of allylic oxidation sites excluding steroid dienone is 6. The molecule has 5 N–H and O–H groups in total. The largest absolute Gasteiger partial charge is 0.460 e. The molecule has 414 valence electrons. The van der Waals surface area contributed by atoms with Crippen LogP contribution in [-0.2, 0) is 73.3 Å². The Balaban J connectivity index is 0.00000693. The molecule has 2 bridgehead atoms. The molecule has 3 aliphatic heterocycles. The summed E-state index contributed by atoms with van der Waals surface area (Å²) in [5.41, 5.74) is 1.27. The van der Waals surface area contributed by atoms with Crippen LogP contribution in [0.15, 0.2) is 47.6 Å². The first-order valence-electron chi connectivity index (χ1n) is 24.6. The van der Waals surface area contributed by atoms with Gasteiger partial charge in [0.15, 0.2) is 5.78 Å². The minimum absolute atomic E-state index is 0. The van der Waals surface area contributed by atoms with Crippen LogP contribution in [0.3, 0.4) is 0 Å². The zero-order valence-electron chi connectivity index (χ0n) is 42.8. The number of hydrogen-bond donors (Lipinski definition) is 5. The SMILES string of the molecule is C.C.CO[C@H]1C[C@@H]2CC[C@@H](C)[C@@](O)(O2)C(=O)C(=O)N2CCCC[C@H]2C(=O)OC([C@H](C)C[C@@H]2CCC(O)[C@H](OC)C2)CC(=O)[C@H](C)/C=C(\C)[C@@H](O)[C@@H](OC)C(=O)[C@H](C)C[C@H](C)/C=C/C=CC=C1C.O=[PH](O)O.[W]. The third-order valence-corrected chi connectivity index (χ3v) is 14.5. The fourth-order valence-corrected chi connectivity index (χ4v) is 10.1. The molecule has 3 fully saturated rings. The number of aliphatic hydroxyl groups excluding tert-OH is 2. The summed E-state index contributed by atoms with van der Waals surface area (Å²) >= 11 is 0. The number of aliphatic hydroxyl groups is 3. The van der Waals surface area contributed by atoms with Gasteiger partial charge in [-0.3, -0.25) is 23.7 Å². The fourth-order valence-electron chi connectivity index (χ4n) is 10.1. The molecular weight excluding hydrogens is 1120 g/mol. The van der Waals surface area contributed by atoms with Crippen molar-refractivity contribution in [3.05, 3.63) is 47.6 Å². The Morgan fingerprint density at radius 1 is 0.847 bits per heavy atom. The van der Waals surface area contributed by atoms with Gasteiger partial charge in [-0.05, 0) is 107 Å². The van der Waals surface area contributed by atoms with E-state index in [0.29, 0.717) is 63.4 Å². The molecule has 1 saturated carbocycles. The van der Waals surface area contributed by atoms with Gasteiger partial charge in [-0.15, -0.1) is 0 Å². The number of ether oxygens (including phenoxy) is 5. The van der Waals surface area contributed by atoms with Crippen molar-refractivity contribution in [1.82, 2.24) is 4.90 Å². The fraction of sp³-hybridized carbons (Fsp3) is 0.755. The number of nitrogens with zero attached hydrogens (tertiary/aromatic N) is 1. The standard InChI is InChI=1S/C51H79NO13.2CH4.H3O3P.W/c1-30-16-12-11-13-17-31(2)42(61-8)28-38-21-19-36(7)51(60,65-38)48(57)49(58)52-23-15-14-18-39(52)50(59)64-43(33(4)26-37-20-22-40(53)44(27-37)62-9)29-41(54)32(3)25-35(6)46(56)47(63-10)45(55)34(5)24-30;;;1-4(2)3;/h11-13,16-17,25,30,32-34,36-40,42-44,46-47,53,56,60H,14-15,18-24,26-29H2,1-10H3;2*1H4;4H,(H2,1,2,3);/b13-11?,16-12+,31-17?,35-25+;;;;/t30-,32-,33-,34-,36-,37+,38+,39+,40?,42+,43?,44-,46-,47+,51-;;;;/m1..../s1. The average molecular weight is 1210 g/mol. The van der Waals surface area contributed by atoms with Crippen LogP contribution in [-0.4, -0.2) is 142 Å². The number of esters is 1. The van der Waals surface area contributed by atoms with Crippen molar-refractivity contribution in [2.45, 2.75) is 195 Å². The zero-order valence-corrected chi connectivity index (χ0v) is 46.8. The predicted octanol–water partition coefficient (Wildman–Crippen LogP) is 6.81. The Morgan fingerprint density at radius 2 is 1.50 bits per heavy atom. The summed E-state index contributed by atoms with van der Waals surface area (Å²) in [5.74, 6) is -7.96. The van der Waals surface area contributed by atoms with Gasteiger partial charge in [0, 0.05) is 79.5 Å². The molecule has 72 heavy (non-hydrogen) atoms. The van der Waals surface area contributed by atoms with E-state index in [0.717, 1.165) is 12.0 Å². The number of methoxy groups -OCH3 is 3. The normalized spacial score (nSPS) is 35.8. The summed E-state index contributed by atoms with van der Waals surface area (Å²) in [7, 11) is 1.39. The van der Waals surface area contributed by atoms with Crippen LogP contribution in [0.5, 0.6) is 0 Å². The van der Waals surface area contributed by atoms with Crippen LogP contribution in [0.2, 0.25) is 0 Å². The number of rotatable bonds is 6. The van der Waals surface area contributed by atoms with E-state index in [1.54, 1.807) is 41.1 Å². The van der Waals surface area contributed by atoms with Crippen molar-refractivity contribution < 1.29 is 98.4 Å². The number of hydrogen-bond acceptors (Lipinski definition) is 14. The monoisotopic (exact) mass is 1210 g/mol. The van der Waals surface area contributed by atoms with E-state index in [1.165, 1.54) is 12.0 Å². The molecule has 2 saturated heterocycles. The molecule has 19 heteroatoms. The number of amides is 1. The van der Waals surface area contributed by atoms with Crippen LogP contribution in [0.25, 0.3) is 0 Å². The summed E-state index contributed by atoms with van der Waals surface area (Å²) in [4.78, 5) is 86.1. The molecule has 0 aromatic carbocycles. The maximum absolute atomic E-state index is 14.4. The third kappa shape index (κ3) is 20.2. The van der Waals surface area contributed by atoms with E-state index in [2.05, 4.69) is 0 Å². The molecular formula is C53H90NO16PW. The van der Waals surface area contributed by atoms with Crippen molar-refractivity contribution in [2.75, 3.05) is 27.9 Å². The summed E-state index contributed by atoms with van der Waals surface area (Å²) in [6.07, 6.45) is 11.2. The number of piperidine rings is 1. The molecule has 3 heterocycles. The molecule has 15 atom stereocenters. The van der Waals surface area contributed by atoms with Crippen molar-refractivity contribution in [3.8, 4) is 0 Å². The van der Waals surface area contributed by atoms with Crippen LogP contribution < -0.4 is 0 Å². The van der Waals surface area contributed by atoms with E-state index in [1.807, 2.05) is 58.1 Å². The van der Waals surface area contributed by atoms with Crippen LogP contribution >= 0.6 is 8.25 Å². The number of Topliss-reactive ketones (excluding diaryl/α,β-unsaturated/α-hetero) is 3. The van der Waals surface area contributed by atoms with Crippen LogP contribution in [0, 0.1) is 35.5 Å². The summed E-state index contributed by atoms with van der Waals surface area (Å²) in [6, 6.07) is -1.14. The Labute approximate surface area is 444 Å². The van der Waals surface area contributed by atoms with Gasteiger partial charge in [-0.25, -0.2) is 4.79 Å². The second-order valence-corrected chi connectivity index (χ2v) is 20.4. The summed E-state index contributed by atoms with van der Waals surface area (Å²) < 4.78 is 38.1. The van der Waals surface area contributed by atoms with Gasteiger partial charge in [0.2, 0.25) is 5.79 Å². The topological polar surface area (TPSA) is 253 Å². The summed E-state index contributed by atoms with van der Waals surface area (Å²) in [6.45, 7) is 12.7. The zero-order chi connectivity index (χ0) is 51.7. The van der Waals surface area contributed by atoms with Gasteiger partial charge in [0.1, 0.15) is 30.1 Å². The van der Waals surface area contributed by atoms with Crippen LogP contribution in [0.4, 0.5) is 0 Å². The minimum Gasteiger partial charge on any atom is -0.460 e. The molecule has 0 aromatic rings. The predicted molar refractivity (Wildman–Crippen MR) is 272 cm³/mol. The molecule has 1 amide bonds. The van der Waals surface area contributed by atoms with Crippen molar-refractivity contribution in [3.63, 3.8) is 0 Å². The molecule has 0 radical (unpaired) electrons. The molecule has 0 spiro atoms. The Kier molecular flexibility index (Phi) is 32.3. The Morgan fingerprint density at radius 3 is 2.11 bits per heavy atom. The van der Waals surface area contributed by atoms with Gasteiger partial charge in [-0.1, -0.05) is 85.9 Å². The van der Waals surface area contributed by atoms with Crippen molar-refractivity contribution >= 4 is 37.5 Å². The molecule has 17 nitrogen and oxygen atoms in total. The minimum atomic E-state index is -3.13. The Hall–Kier alpha value is -2.53. The van der Waals surface area contributed by atoms with Gasteiger partial charge < -0.3 is 53.7 Å². The van der Waals surface area contributed by atoms with E-state index in [4.69, 9.17) is 38.0 Å². The van der Waals surface area contributed by atoms with E-state index < -0.39 is 92.1 Å². The maximum atomic E-state index is 14.4. The molecule has 4 rings (SSSR count). The summed E-state index contributed by atoms with van der Waals surface area (Å²) in [5, 5.41) is 33.8. The number of carbonyl (C=O) groups excluding carboxylic acids is 5. The third-order valence-electron chi connectivity index (χ3n) is 14.5. The number of ketones is 3. The maximum Gasteiger partial charge on any atom is 0.329 e.